The molecule has 2 N–H and O–H groups in total. The molecular formula is C8H17NO. The largest absolute Gasteiger partial charge is 0.301 e. The maximum absolute atomic E-state index is 5.10. The Kier molecular flexibility index (Phi) is 3.16. The quantitative estimate of drug-likeness (QED) is 0.599. The van der Waals surface area contributed by atoms with Gasteiger partial charge in [0.25, 0.3) is 0 Å². The maximum Gasteiger partial charge on any atom is 0.0787 e. The first kappa shape index (κ1) is 8.02. The molecule has 0 aromatic heterocycles. The Morgan fingerprint density at radius 2 is 1.90 bits per heavy atom. The molecule has 60 valence electrons. The Morgan fingerprint density at radius 1 is 1.30 bits per heavy atom. The summed E-state index contributed by atoms with van der Waals surface area (Å²) < 4.78 is 0. The van der Waals surface area contributed by atoms with Crippen LogP contribution in [0, 0.1) is 5.92 Å². The third-order valence-corrected chi connectivity index (χ3v) is 2.53. The number of rotatable bonds is 2. The summed E-state index contributed by atoms with van der Waals surface area (Å²) in [6.45, 7) is 2.07. The summed E-state index contributed by atoms with van der Waals surface area (Å²) in [6.07, 6.45) is 6.99. The third kappa shape index (κ3) is 1.96. The number of hydrogen-bond acceptors (Lipinski definition) is 2. The van der Waals surface area contributed by atoms with Gasteiger partial charge < -0.3 is 4.84 Å². The molecule has 2 heteroatoms. The molecule has 1 unspecified atom stereocenters. The highest BCUT2D eigenvalue weighted by atomic mass is 16.6. The highest BCUT2D eigenvalue weighted by Crippen LogP contribution is 2.26. The second-order valence-electron chi connectivity index (χ2n) is 3.24. The van der Waals surface area contributed by atoms with Gasteiger partial charge in [-0.05, 0) is 25.7 Å². The molecule has 1 fully saturated rings. The molecule has 1 atom stereocenters. The van der Waals surface area contributed by atoms with Gasteiger partial charge in [-0.3, -0.25) is 0 Å². The molecule has 0 aromatic rings. The minimum Gasteiger partial charge on any atom is -0.301 e. The van der Waals surface area contributed by atoms with E-state index < -0.39 is 0 Å². The van der Waals surface area contributed by atoms with E-state index in [2.05, 4.69) is 6.92 Å². The lowest BCUT2D eigenvalue weighted by atomic mass is 9.86. The van der Waals surface area contributed by atoms with E-state index in [0.29, 0.717) is 0 Å². The van der Waals surface area contributed by atoms with Crippen LogP contribution in [-0.4, -0.2) is 6.10 Å². The van der Waals surface area contributed by atoms with E-state index in [1.54, 1.807) is 0 Å². The van der Waals surface area contributed by atoms with Gasteiger partial charge in [-0.15, -0.1) is 0 Å². The van der Waals surface area contributed by atoms with Crippen LogP contribution in [0.2, 0.25) is 0 Å². The minimum absolute atomic E-state index is 0.264. The van der Waals surface area contributed by atoms with Gasteiger partial charge in [0.05, 0.1) is 6.10 Å². The van der Waals surface area contributed by atoms with Crippen molar-refractivity contribution in [3.8, 4) is 0 Å². The fourth-order valence-corrected chi connectivity index (χ4v) is 1.71. The van der Waals surface area contributed by atoms with Crippen molar-refractivity contribution in [2.24, 2.45) is 11.8 Å². The van der Waals surface area contributed by atoms with E-state index in [-0.39, 0.29) is 6.10 Å². The van der Waals surface area contributed by atoms with E-state index >= 15 is 0 Å². The Bertz CT molecular complexity index is 89.3. The molecule has 1 saturated carbocycles. The van der Waals surface area contributed by atoms with Crippen LogP contribution in [0.1, 0.15) is 39.0 Å². The van der Waals surface area contributed by atoms with Crippen molar-refractivity contribution in [1.82, 2.24) is 0 Å². The lowest BCUT2D eigenvalue weighted by molar-refractivity contribution is 0.0120. The van der Waals surface area contributed by atoms with E-state index in [9.17, 15) is 0 Å². The topological polar surface area (TPSA) is 35.2 Å². The Labute approximate surface area is 62.7 Å². The summed E-state index contributed by atoms with van der Waals surface area (Å²) in [5.41, 5.74) is 0. The van der Waals surface area contributed by atoms with Crippen molar-refractivity contribution in [2.45, 2.75) is 45.1 Å². The monoisotopic (exact) mass is 143 g/mol. The highest BCUT2D eigenvalue weighted by molar-refractivity contribution is 4.70. The van der Waals surface area contributed by atoms with Crippen molar-refractivity contribution in [1.29, 1.82) is 0 Å². The normalized spacial score (nSPS) is 24.6. The van der Waals surface area contributed by atoms with Crippen LogP contribution in [0.5, 0.6) is 0 Å². The van der Waals surface area contributed by atoms with Gasteiger partial charge in [0.2, 0.25) is 0 Å². The van der Waals surface area contributed by atoms with Gasteiger partial charge in [-0.1, -0.05) is 19.3 Å². The zero-order chi connectivity index (χ0) is 7.40. The molecule has 0 spiro atoms. The van der Waals surface area contributed by atoms with Crippen LogP contribution in [0.15, 0.2) is 0 Å². The molecule has 1 aliphatic rings. The first-order chi connectivity index (χ1) is 4.84. The lowest BCUT2D eigenvalue weighted by Crippen LogP contribution is -2.25. The lowest BCUT2D eigenvalue weighted by Gasteiger charge is -2.25. The van der Waals surface area contributed by atoms with Crippen LogP contribution in [0.25, 0.3) is 0 Å². The van der Waals surface area contributed by atoms with Gasteiger partial charge in [-0.25, -0.2) is 5.90 Å². The summed E-state index contributed by atoms with van der Waals surface area (Å²) >= 11 is 0. The standard InChI is InChI=1S/C8H17NO/c1-7(10-9)8-5-3-2-4-6-8/h7-8H,2-6,9H2,1H3. The van der Waals surface area contributed by atoms with Gasteiger partial charge >= 0.3 is 0 Å². The van der Waals surface area contributed by atoms with Crippen LogP contribution in [-0.2, 0) is 4.84 Å². The van der Waals surface area contributed by atoms with Crippen LogP contribution in [0.4, 0.5) is 0 Å². The van der Waals surface area contributed by atoms with Gasteiger partial charge in [-0.2, -0.15) is 0 Å². The number of hydrogen-bond donors (Lipinski definition) is 1. The SMILES string of the molecule is CC(ON)C1CCCCC1. The average molecular weight is 143 g/mol. The van der Waals surface area contributed by atoms with Crippen LogP contribution >= 0.6 is 0 Å². The molecular weight excluding hydrogens is 126 g/mol. The predicted octanol–water partition coefficient (Wildman–Crippen LogP) is 1.85. The van der Waals surface area contributed by atoms with Crippen molar-refractivity contribution in [2.75, 3.05) is 0 Å². The Balaban J connectivity index is 2.24. The molecule has 2 nitrogen and oxygen atoms in total. The molecule has 10 heavy (non-hydrogen) atoms. The smallest absolute Gasteiger partial charge is 0.0787 e. The zero-order valence-electron chi connectivity index (χ0n) is 6.68. The van der Waals surface area contributed by atoms with E-state index in [1.807, 2.05) is 0 Å². The molecule has 0 saturated heterocycles. The molecule has 1 rings (SSSR count). The van der Waals surface area contributed by atoms with Crippen LogP contribution in [0.3, 0.4) is 0 Å². The van der Waals surface area contributed by atoms with Gasteiger partial charge in [0.1, 0.15) is 0 Å². The molecule has 1 aliphatic carbocycles. The summed E-state index contributed by atoms with van der Waals surface area (Å²) in [5.74, 6) is 5.82. The van der Waals surface area contributed by atoms with E-state index in [4.69, 9.17) is 10.7 Å². The fourth-order valence-electron chi connectivity index (χ4n) is 1.71. The molecule has 0 amide bonds. The maximum atomic E-state index is 5.10. The van der Waals surface area contributed by atoms with Crippen molar-refractivity contribution >= 4 is 0 Å². The molecule has 0 aliphatic heterocycles. The molecule has 0 heterocycles. The molecule has 0 radical (unpaired) electrons. The average Bonchev–Trinajstić information content (AvgIpc) is 2.05. The first-order valence-corrected chi connectivity index (χ1v) is 4.20. The first-order valence-electron chi connectivity index (χ1n) is 4.20. The summed E-state index contributed by atoms with van der Waals surface area (Å²) in [5, 5.41) is 0. The van der Waals surface area contributed by atoms with E-state index in [0.717, 1.165) is 5.92 Å². The molecule has 0 bridgehead atoms. The predicted molar refractivity (Wildman–Crippen MR) is 41.3 cm³/mol. The zero-order valence-corrected chi connectivity index (χ0v) is 6.68. The van der Waals surface area contributed by atoms with Crippen molar-refractivity contribution < 1.29 is 4.84 Å². The Morgan fingerprint density at radius 3 is 2.40 bits per heavy atom. The Hall–Kier alpha value is -0.0800. The highest BCUT2D eigenvalue weighted by Gasteiger charge is 2.19. The van der Waals surface area contributed by atoms with Crippen molar-refractivity contribution in [3.05, 3.63) is 0 Å². The second-order valence-corrected chi connectivity index (χ2v) is 3.24. The summed E-state index contributed by atoms with van der Waals surface area (Å²) in [6, 6.07) is 0. The third-order valence-electron chi connectivity index (χ3n) is 2.53. The molecule has 0 aromatic carbocycles. The minimum atomic E-state index is 0.264. The van der Waals surface area contributed by atoms with Crippen LogP contribution < -0.4 is 5.90 Å². The van der Waals surface area contributed by atoms with E-state index in [1.165, 1.54) is 32.1 Å². The summed E-state index contributed by atoms with van der Waals surface area (Å²) in [7, 11) is 0. The fraction of sp³-hybridized carbons (Fsp3) is 1.00. The number of nitrogens with two attached hydrogens (primary N) is 1. The van der Waals surface area contributed by atoms with Gasteiger partial charge in [0.15, 0.2) is 0 Å². The van der Waals surface area contributed by atoms with Gasteiger partial charge in [0, 0.05) is 0 Å². The summed E-state index contributed by atoms with van der Waals surface area (Å²) in [4.78, 5) is 4.79. The van der Waals surface area contributed by atoms with Crippen molar-refractivity contribution in [3.63, 3.8) is 0 Å². The second kappa shape index (κ2) is 3.94.